The number of methoxy groups -OCH3 is 1. The van der Waals surface area contributed by atoms with Gasteiger partial charge < -0.3 is 35.5 Å². The van der Waals surface area contributed by atoms with Gasteiger partial charge >= 0.3 is 11.9 Å². The second kappa shape index (κ2) is 11.1. The molecule has 0 saturated heterocycles. The summed E-state index contributed by atoms with van der Waals surface area (Å²) in [6.45, 7) is 1.47. The van der Waals surface area contributed by atoms with Crippen molar-refractivity contribution in [1.82, 2.24) is 0 Å². The first-order valence-corrected chi connectivity index (χ1v) is 8.70. The molecule has 9 heteroatoms. The van der Waals surface area contributed by atoms with Crippen LogP contribution in [0.3, 0.4) is 0 Å². The van der Waals surface area contributed by atoms with Crippen LogP contribution in [-0.4, -0.2) is 24.2 Å². The Hall–Kier alpha value is -3.98. The summed E-state index contributed by atoms with van der Waals surface area (Å²) >= 11 is 0. The van der Waals surface area contributed by atoms with Gasteiger partial charge in [0.25, 0.3) is 0 Å². The van der Waals surface area contributed by atoms with Crippen molar-refractivity contribution in [3.05, 3.63) is 89.4 Å². The summed E-state index contributed by atoms with van der Waals surface area (Å²) in [5.74, 6) is -1.32. The van der Waals surface area contributed by atoms with Gasteiger partial charge in [0.15, 0.2) is 6.26 Å². The van der Waals surface area contributed by atoms with Crippen LogP contribution in [0.25, 0.3) is 0 Å². The lowest BCUT2D eigenvalue weighted by Crippen LogP contribution is -2.03. The normalized spacial score (nSPS) is 13.0. The van der Waals surface area contributed by atoms with Crippen LogP contribution in [0.2, 0.25) is 0 Å². The van der Waals surface area contributed by atoms with Crippen molar-refractivity contribution in [1.29, 1.82) is 0 Å². The summed E-state index contributed by atoms with van der Waals surface area (Å²) in [5, 5.41) is 8.61. The third-order valence-electron chi connectivity index (χ3n) is 3.80. The average molecular weight is 414 g/mol. The summed E-state index contributed by atoms with van der Waals surface area (Å²) in [4.78, 5) is 21.5. The van der Waals surface area contributed by atoms with E-state index in [1.807, 2.05) is 18.2 Å². The number of rotatable bonds is 2. The van der Waals surface area contributed by atoms with Gasteiger partial charge in [-0.2, -0.15) is 0 Å². The van der Waals surface area contributed by atoms with Gasteiger partial charge in [0.1, 0.15) is 12.5 Å². The van der Waals surface area contributed by atoms with Crippen molar-refractivity contribution in [3.8, 4) is 0 Å². The van der Waals surface area contributed by atoms with Crippen molar-refractivity contribution in [2.75, 3.05) is 12.8 Å². The summed E-state index contributed by atoms with van der Waals surface area (Å²) in [6, 6.07) is 11.6. The first-order valence-electron chi connectivity index (χ1n) is 8.70. The first kappa shape index (κ1) is 22.3. The number of ether oxygens (including phenoxy) is 4. The SMILES string of the molecule is COC(=O)c1cccc(C(=O)O)c1.NC1=COC=CO1.Nc1ccc2c(c1)COC2. The van der Waals surface area contributed by atoms with Crippen LogP contribution in [0.1, 0.15) is 31.8 Å². The highest BCUT2D eigenvalue weighted by Gasteiger charge is 2.10. The zero-order chi connectivity index (χ0) is 21.9. The maximum atomic E-state index is 11.0. The molecule has 0 aromatic heterocycles. The van der Waals surface area contributed by atoms with Crippen LogP contribution in [0.5, 0.6) is 0 Å². The lowest BCUT2D eigenvalue weighted by Gasteiger charge is -2.01. The van der Waals surface area contributed by atoms with Gasteiger partial charge in [0.05, 0.1) is 31.5 Å². The number of anilines is 1. The second-order valence-corrected chi connectivity index (χ2v) is 5.94. The molecule has 158 valence electrons. The number of nitrogen functional groups attached to an aromatic ring is 1. The molecule has 2 aromatic carbocycles. The number of nitrogens with two attached hydrogens (primary N) is 2. The topological polar surface area (TPSA) is 143 Å². The highest BCUT2D eigenvalue weighted by atomic mass is 16.5. The van der Waals surface area contributed by atoms with Gasteiger partial charge in [-0.25, -0.2) is 9.59 Å². The second-order valence-electron chi connectivity index (χ2n) is 5.94. The fourth-order valence-corrected chi connectivity index (χ4v) is 2.36. The molecule has 0 aliphatic carbocycles. The van der Waals surface area contributed by atoms with Crippen molar-refractivity contribution in [3.63, 3.8) is 0 Å². The standard InChI is InChI=1S/C9H8O4.C8H9NO.C4H5NO2/c1-13-9(12)7-4-2-3-6(5-7)8(10)11;9-8-2-1-6-4-10-5-7(6)3-8;5-4-3-6-1-2-7-4/h2-5H,1H3,(H,10,11);1-3H,4-5,9H2;1-3H,5H2. The summed E-state index contributed by atoms with van der Waals surface area (Å²) < 4.78 is 18.9. The van der Waals surface area contributed by atoms with E-state index in [4.69, 9.17) is 21.3 Å². The van der Waals surface area contributed by atoms with Gasteiger partial charge in [-0.15, -0.1) is 0 Å². The van der Waals surface area contributed by atoms with Gasteiger partial charge in [0.2, 0.25) is 5.88 Å². The van der Waals surface area contributed by atoms with E-state index >= 15 is 0 Å². The van der Waals surface area contributed by atoms with Crippen LogP contribution in [0, 0.1) is 0 Å². The molecule has 0 radical (unpaired) electrons. The summed E-state index contributed by atoms with van der Waals surface area (Å²) in [5.41, 5.74) is 14.3. The number of carboxylic acid groups (broad SMARTS) is 1. The zero-order valence-corrected chi connectivity index (χ0v) is 16.2. The lowest BCUT2D eigenvalue weighted by atomic mass is 10.1. The Labute approximate surface area is 173 Å². The van der Waals surface area contributed by atoms with E-state index in [9.17, 15) is 9.59 Å². The van der Waals surface area contributed by atoms with Crippen LogP contribution in [0.4, 0.5) is 5.69 Å². The maximum absolute atomic E-state index is 11.0. The smallest absolute Gasteiger partial charge is 0.337 e. The number of aromatic carboxylic acids is 1. The minimum absolute atomic E-state index is 0.0721. The first-order chi connectivity index (χ1) is 14.4. The maximum Gasteiger partial charge on any atom is 0.337 e. The number of fused-ring (bicyclic) bond motifs is 1. The minimum atomic E-state index is -1.06. The Bertz CT molecular complexity index is 954. The molecule has 0 amide bonds. The average Bonchev–Trinajstić information content (AvgIpc) is 3.22. The Balaban J connectivity index is 0.000000167. The molecule has 9 nitrogen and oxygen atoms in total. The van der Waals surface area contributed by atoms with E-state index in [-0.39, 0.29) is 17.0 Å². The molecule has 0 atom stereocenters. The Kier molecular flexibility index (Phi) is 8.27. The molecule has 4 rings (SSSR count). The van der Waals surface area contributed by atoms with Crippen molar-refractivity contribution in [2.45, 2.75) is 13.2 Å². The Morgan fingerprint density at radius 3 is 2.33 bits per heavy atom. The number of benzene rings is 2. The van der Waals surface area contributed by atoms with E-state index < -0.39 is 11.9 Å². The molecule has 0 bridgehead atoms. The van der Waals surface area contributed by atoms with E-state index in [1.165, 1.54) is 61.3 Å². The minimum Gasteiger partial charge on any atom is -0.478 e. The van der Waals surface area contributed by atoms with E-state index in [0.717, 1.165) is 18.9 Å². The number of carboxylic acids is 1. The molecular weight excluding hydrogens is 392 g/mol. The van der Waals surface area contributed by atoms with Gasteiger partial charge in [-0.05, 0) is 41.5 Å². The molecule has 2 heterocycles. The fraction of sp³-hybridized carbons (Fsp3) is 0.143. The fourth-order valence-electron chi connectivity index (χ4n) is 2.36. The van der Waals surface area contributed by atoms with Crippen molar-refractivity contribution >= 4 is 17.6 Å². The monoisotopic (exact) mass is 414 g/mol. The predicted octanol–water partition coefficient (Wildman–Crippen LogP) is 2.73. The van der Waals surface area contributed by atoms with Crippen LogP contribution in [-0.2, 0) is 32.2 Å². The number of carbonyl (C=O) groups excluding carboxylic acids is 1. The zero-order valence-electron chi connectivity index (χ0n) is 16.2. The predicted molar refractivity (Wildman–Crippen MR) is 108 cm³/mol. The molecule has 2 aliphatic heterocycles. The van der Waals surface area contributed by atoms with E-state index in [1.54, 1.807) is 0 Å². The summed E-state index contributed by atoms with van der Waals surface area (Å²) in [6.07, 6.45) is 4.09. The highest BCUT2D eigenvalue weighted by molar-refractivity contribution is 5.94. The molecule has 30 heavy (non-hydrogen) atoms. The quantitative estimate of drug-likeness (QED) is 0.499. The highest BCUT2D eigenvalue weighted by Crippen LogP contribution is 2.21. The van der Waals surface area contributed by atoms with Crippen molar-refractivity contribution < 1.29 is 33.6 Å². The molecule has 2 aliphatic rings. The van der Waals surface area contributed by atoms with Crippen LogP contribution in [0.15, 0.2) is 67.1 Å². The lowest BCUT2D eigenvalue weighted by molar-refractivity contribution is 0.0600. The number of hydrogen-bond donors (Lipinski definition) is 3. The van der Waals surface area contributed by atoms with Gasteiger partial charge in [-0.3, -0.25) is 0 Å². The number of hydrogen-bond acceptors (Lipinski definition) is 8. The molecule has 0 saturated carbocycles. The third-order valence-corrected chi connectivity index (χ3v) is 3.80. The third kappa shape index (κ3) is 6.88. The van der Waals surface area contributed by atoms with Crippen LogP contribution < -0.4 is 11.5 Å². The van der Waals surface area contributed by atoms with Gasteiger partial charge in [0, 0.05) is 5.69 Å². The summed E-state index contributed by atoms with van der Waals surface area (Å²) in [7, 11) is 1.25. The molecule has 0 unspecified atom stereocenters. The van der Waals surface area contributed by atoms with E-state index in [0.29, 0.717) is 0 Å². The molecule has 5 N–H and O–H groups in total. The molecule has 0 spiro atoms. The molecular formula is C21H22N2O7. The molecule has 0 fully saturated rings. The largest absolute Gasteiger partial charge is 0.478 e. The van der Waals surface area contributed by atoms with Gasteiger partial charge in [-0.1, -0.05) is 12.1 Å². The number of esters is 1. The Morgan fingerprint density at radius 2 is 1.73 bits per heavy atom. The van der Waals surface area contributed by atoms with Crippen molar-refractivity contribution in [2.24, 2.45) is 5.73 Å². The molecule has 2 aromatic rings. The van der Waals surface area contributed by atoms with Crippen LogP contribution >= 0.6 is 0 Å². The number of carbonyl (C=O) groups is 2. The van der Waals surface area contributed by atoms with E-state index in [2.05, 4.69) is 14.2 Å². The Morgan fingerprint density at radius 1 is 1.00 bits per heavy atom.